The van der Waals surface area contributed by atoms with Gasteiger partial charge >= 0.3 is 0 Å². The molecule has 0 saturated carbocycles. The fourth-order valence-corrected chi connectivity index (χ4v) is 2.63. The number of benzene rings is 1. The summed E-state index contributed by atoms with van der Waals surface area (Å²) in [5.74, 6) is -0.413. The second-order valence-electron chi connectivity index (χ2n) is 4.92. The number of halogens is 2. The van der Waals surface area contributed by atoms with Gasteiger partial charge in [-0.1, -0.05) is 6.07 Å². The van der Waals surface area contributed by atoms with Crippen LogP contribution in [0.25, 0.3) is 0 Å². The van der Waals surface area contributed by atoms with Crippen molar-refractivity contribution in [2.75, 3.05) is 6.54 Å². The molecule has 0 radical (unpaired) electrons. The van der Waals surface area contributed by atoms with Crippen molar-refractivity contribution in [3.05, 3.63) is 51.0 Å². The molecule has 2 aromatic rings. The number of hydrogen-bond donors (Lipinski definition) is 1. The molecule has 0 aliphatic carbocycles. The number of nitrogens with one attached hydrogen (secondary N) is 1. The number of hydrogen-bond acceptors (Lipinski definition) is 2. The number of carbonyl (C=O) groups excluding carboxylic acids is 1. The summed E-state index contributed by atoms with van der Waals surface area (Å²) in [5, 5.41) is 7.10. The van der Waals surface area contributed by atoms with E-state index < -0.39 is 0 Å². The lowest BCUT2D eigenvalue weighted by atomic mass is 10.1. The zero-order valence-electron chi connectivity index (χ0n) is 12.2. The van der Waals surface area contributed by atoms with Crippen molar-refractivity contribution >= 4 is 21.8 Å². The summed E-state index contributed by atoms with van der Waals surface area (Å²) in [5.41, 5.74) is 3.15. The summed E-state index contributed by atoms with van der Waals surface area (Å²) >= 11 is 3.15. The highest BCUT2D eigenvalue weighted by atomic mass is 79.9. The molecule has 112 valence electrons. The van der Waals surface area contributed by atoms with Crippen LogP contribution < -0.4 is 5.32 Å². The van der Waals surface area contributed by atoms with Crippen LogP contribution in [0.5, 0.6) is 0 Å². The molecule has 1 amide bonds. The number of rotatable bonds is 4. The Balaban J connectivity index is 1.97. The molecule has 0 aliphatic heterocycles. The Labute approximate surface area is 131 Å². The minimum Gasteiger partial charge on any atom is -0.352 e. The molecular formula is C15H17BrFN3O. The number of aryl methyl sites for hydroxylation is 2. The fourth-order valence-electron chi connectivity index (χ4n) is 2.21. The van der Waals surface area contributed by atoms with Crippen LogP contribution >= 0.6 is 15.9 Å². The third kappa shape index (κ3) is 3.50. The van der Waals surface area contributed by atoms with E-state index in [2.05, 4.69) is 26.3 Å². The van der Waals surface area contributed by atoms with Gasteiger partial charge in [-0.3, -0.25) is 9.48 Å². The Morgan fingerprint density at radius 1 is 1.43 bits per heavy atom. The highest BCUT2D eigenvalue weighted by Gasteiger charge is 2.16. The first-order valence-electron chi connectivity index (χ1n) is 6.62. The lowest BCUT2D eigenvalue weighted by Gasteiger charge is -2.06. The zero-order chi connectivity index (χ0) is 15.6. The second-order valence-corrected chi connectivity index (χ2v) is 5.78. The molecule has 0 aliphatic rings. The summed E-state index contributed by atoms with van der Waals surface area (Å²) in [4.78, 5) is 12.2. The van der Waals surface area contributed by atoms with Crippen molar-refractivity contribution in [1.29, 1.82) is 0 Å². The molecule has 1 aromatic carbocycles. The first-order valence-corrected chi connectivity index (χ1v) is 7.41. The Hall–Kier alpha value is -1.69. The smallest absolute Gasteiger partial charge is 0.255 e. The SMILES string of the molecule is Cc1nn(C)c(C)c1C(=O)NCCc1ccc(F)c(Br)c1. The molecule has 1 heterocycles. The molecule has 0 unspecified atom stereocenters. The largest absolute Gasteiger partial charge is 0.352 e. The topological polar surface area (TPSA) is 46.9 Å². The Kier molecular flexibility index (Phi) is 4.77. The first-order chi connectivity index (χ1) is 9.90. The van der Waals surface area contributed by atoms with Gasteiger partial charge in [0.2, 0.25) is 0 Å². The standard InChI is InChI=1S/C15H17BrFN3O/c1-9-14(10(2)20(3)19-9)15(21)18-7-6-11-4-5-13(17)12(16)8-11/h4-5,8H,6-7H2,1-3H3,(H,18,21). The van der Waals surface area contributed by atoms with Crippen LogP contribution in [0.4, 0.5) is 4.39 Å². The van der Waals surface area contributed by atoms with Crippen LogP contribution in [0, 0.1) is 19.7 Å². The maximum Gasteiger partial charge on any atom is 0.255 e. The molecule has 4 nitrogen and oxygen atoms in total. The minimum absolute atomic E-state index is 0.126. The van der Waals surface area contributed by atoms with E-state index in [-0.39, 0.29) is 11.7 Å². The van der Waals surface area contributed by atoms with Gasteiger partial charge in [0.25, 0.3) is 5.91 Å². The van der Waals surface area contributed by atoms with Crippen molar-refractivity contribution in [2.45, 2.75) is 20.3 Å². The maximum atomic E-state index is 13.1. The van der Waals surface area contributed by atoms with E-state index in [0.717, 1.165) is 17.0 Å². The lowest BCUT2D eigenvalue weighted by molar-refractivity contribution is 0.0953. The van der Waals surface area contributed by atoms with E-state index in [1.807, 2.05) is 20.9 Å². The Morgan fingerprint density at radius 3 is 2.71 bits per heavy atom. The summed E-state index contributed by atoms with van der Waals surface area (Å²) in [7, 11) is 1.81. The molecular weight excluding hydrogens is 337 g/mol. The van der Waals surface area contributed by atoms with Gasteiger partial charge in [0, 0.05) is 19.3 Å². The average molecular weight is 354 g/mol. The third-order valence-corrected chi connectivity index (χ3v) is 4.03. The monoisotopic (exact) mass is 353 g/mol. The highest BCUT2D eigenvalue weighted by molar-refractivity contribution is 9.10. The Bertz CT molecular complexity index is 682. The van der Waals surface area contributed by atoms with E-state index in [1.54, 1.807) is 16.8 Å². The predicted octanol–water partition coefficient (Wildman–Crippen LogP) is 2.91. The molecule has 0 bridgehead atoms. The van der Waals surface area contributed by atoms with Crippen LogP contribution in [-0.2, 0) is 13.5 Å². The lowest BCUT2D eigenvalue weighted by Crippen LogP contribution is -2.26. The summed E-state index contributed by atoms with van der Waals surface area (Å²) < 4.78 is 15.3. The van der Waals surface area contributed by atoms with Crippen LogP contribution in [0.2, 0.25) is 0 Å². The zero-order valence-corrected chi connectivity index (χ0v) is 13.8. The van der Waals surface area contributed by atoms with E-state index in [9.17, 15) is 9.18 Å². The van der Waals surface area contributed by atoms with E-state index in [1.165, 1.54) is 6.07 Å². The van der Waals surface area contributed by atoms with Gasteiger partial charge < -0.3 is 5.32 Å². The van der Waals surface area contributed by atoms with Gasteiger partial charge in [0.15, 0.2) is 0 Å². The molecule has 6 heteroatoms. The van der Waals surface area contributed by atoms with Gasteiger partial charge in [-0.15, -0.1) is 0 Å². The van der Waals surface area contributed by atoms with E-state index in [0.29, 0.717) is 23.0 Å². The molecule has 0 fully saturated rings. The molecule has 2 rings (SSSR count). The summed E-state index contributed by atoms with van der Waals surface area (Å²) in [6.45, 7) is 4.18. The highest BCUT2D eigenvalue weighted by Crippen LogP contribution is 2.17. The molecule has 0 spiro atoms. The van der Waals surface area contributed by atoms with Crippen LogP contribution in [0.3, 0.4) is 0 Å². The normalized spacial score (nSPS) is 10.7. The van der Waals surface area contributed by atoms with Crippen molar-refractivity contribution in [3.8, 4) is 0 Å². The summed E-state index contributed by atoms with van der Waals surface area (Å²) in [6.07, 6.45) is 0.642. The number of amides is 1. The summed E-state index contributed by atoms with van der Waals surface area (Å²) in [6, 6.07) is 4.85. The first kappa shape index (κ1) is 15.7. The van der Waals surface area contributed by atoms with Crippen LogP contribution in [-0.4, -0.2) is 22.2 Å². The molecule has 0 saturated heterocycles. The van der Waals surface area contributed by atoms with Crippen molar-refractivity contribution in [1.82, 2.24) is 15.1 Å². The van der Waals surface area contributed by atoms with E-state index in [4.69, 9.17) is 0 Å². The maximum absolute atomic E-state index is 13.1. The van der Waals surface area contributed by atoms with Crippen LogP contribution in [0.1, 0.15) is 27.3 Å². The van der Waals surface area contributed by atoms with Crippen molar-refractivity contribution in [3.63, 3.8) is 0 Å². The van der Waals surface area contributed by atoms with Crippen molar-refractivity contribution < 1.29 is 9.18 Å². The second kappa shape index (κ2) is 6.39. The van der Waals surface area contributed by atoms with Gasteiger partial charge in [-0.25, -0.2) is 4.39 Å². The van der Waals surface area contributed by atoms with E-state index >= 15 is 0 Å². The number of aromatic nitrogens is 2. The van der Waals surface area contributed by atoms with Gasteiger partial charge in [-0.2, -0.15) is 5.10 Å². The average Bonchev–Trinajstić information content (AvgIpc) is 2.67. The number of nitrogens with zero attached hydrogens (tertiary/aromatic N) is 2. The number of carbonyl (C=O) groups is 1. The predicted molar refractivity (Wildman–Crippen MR) is 82.8 cm³/mol. The van der Waals surface area contributed by atoms with Gasteiger partial charge in [0.05, 0.1) is 15.7 Å². The van der Waals surface area contributed by atoms with Gasteiger partial charge in [-0.05, 0) is 53.9 Å². The fraction of sp³-hybridized carbons (Fsp3) is 0.333. The van der Waals surface area contributed by atoms with Crippen LogP contribution in [0.15, 0.2) is 22.7 Å². The molecule has 1 N–H and O–H groups in total. The molecule has 0 atom stereocenters. The van der Waals surface area contributed by atoms with Gasteiger partial charge in [0.1, 0.15) is 5.82 Å². The Morgan fingerprint density at radius 2 is 2.14 bits per heavy atom. The third-order valence-electron chi connectivity index (χ3n) is 3.42. The minimum atomic E-state index is -0.288. The van der Waals surface area contributed by atoms with Crippen molar-refractivity contribution in [2.24, 2.45) is 7.05 Å². The molecule has 21 heavy (non-hydrogen) atoms. The quantitative estimate of drug-likeness (QED) is 0.918. The molecule has 1 aromatic heterocycles.